The lowest BCUT2D eigenvalue weighted by molar-refractivity contribution is 0.251. The van der Waals surface area contributed by atoms with Gasteiger partial charge in [0.25, 0.3) is 5.56 Å². The van der Waals surface area contributed by atoms with Gasteiger partial charge in [-0.05, 0) is 48.1 Å². The average Bonchev–Trinajstić information content (AvgIpc) is 3.15. The van der Waals surface area contributed by atoms with E-state index in [1.54, 1.807) is 12.3 Å². The summed E-state index contributed by atoms with van der Waals surface area (Å²) in [6.07, 6.45) is 5.51. The van der Waals surface area contributed by atoms with Gasteiger partial charge in [0.2, 0.25) is 0 Å². The number of H-pyrrole nitrogens is 1. The Morgan fingerprint density at radius 3 is 2.84 bits per heavy atom. The monoisotopic (exact) mass is 432 g/mol. The maximum Gasteiger partial charge on any atom is 0.261 e. The van der Waals surface area contributed by atoms with E-state index in [2.05, 4.69) is 52.2 Å². The standard InChI is InChI=1S/C25H32N6O/c1-16(2)13-31-14-18-7-8-20(11-19(18)15-31)29-24(27)23-22(9-10-28-25(23)32)30-21-6-4-3-5-17(21)12-26/h7-11,16-17,21H,3-6,13-15H2,1-2H3,(H2,27,29)(H2,28,30,32)/t17?,21-/m0/s1. The summed E-state index contributed by atoms with van der Waals surface area (Å²) in [6.45, 7) is 7.39. The fraction of sp³-hybridized carbons (Fsp3) is 0.480. The normalized spacial score (nSPS) is 21.4. The lowest BCUT2D eigenvalue weighted by Gasteiger charge is -2.29. The van der Waals surface area contributed by atoms with Crippen molar-refractivity contribution in [2.24, 2.45) is 22.6 Å². The number of aromatic amines is 1. The van der Waals surface area contributed by atoms with Crippen molar-refractivity contribution in [3.05, 3.63) is 57.5 Å². The van der Waals surface area contributed by atoms with Gasteiger partial charge in [-0.2, -0.15) is 5.26 Å². The number of nitrogens with two attached hydrogens (primary N) is 1. The van der Waals surface area contributed by atoms with Crippen LogP contribution in [0.4, 0.5) is 11.4 Å². The van der Waals surface area contributed by atoms with Gasteiger partial charge in [-0.25, -0.2) is 4.99 Å². The third-order valence-corrected chi connectivity index (χ3v) is 6.34. The molecule has 1 aromatic heterocycles. The van der Waals surface area contributed by atoms with Crippen molar-refractivity contribution in [2.75, 3.05) is 11.9 Å². The van der Waals surface area contributed by atoms with Crippen LogP contribution >= 0.6 is 0 Å². The molecule has 1 fully saturated rings. The van der Waals surface area contributed by atoms with Crippen LogP contribution in [0.25, 0.3) is 0 Å². The van der Waals surface area contributed by atoms with Crippen LogP contribution in [0.3, 0.4) is 0 Å². The SMILES string of the molecule is CC(C)CN1Cc2ccc(N=C(N)c3c(N[C@H]4CCCCC4C#N)cc[nH]c3=O)cc2C1. The molecule has 0 spiro atoms. The van der Waals surface area contributed by atoms with E-state index in [-0.39, 0.29) is 23.4 Å². The number of aromatic nitrogens is 1. The molecule has 1 aliphatic heterocycles. The topological polar surface area (TPSA) is 110 Å². The van der Waals surface area contributed by atoms with Crippen LogP contribution < -0.4 is 16.6 Å². The zero-order valence-corrected chi connectivity index (χ0v) is 18.9. The van der Waals surface area contributed by atoms with E-state index in [0.717, 1.165) is 51.0 Å². The lowest BCUT2D eigenvalue weighted by atomic mass is 9.85. The first-order chi connectivity index (χ1) is 15.4. The second-order valence-electron chi connectivity index (χ2n) is 9.38. The first kappa shape index (κ1) is 22.1. The maximum absolute atomic E-state index is 12.7. The number of anilines is 1. The summed E-state index contributed by atoms with van der Waals surface area (Å²) in [6, 6.07) is 10.3. The maximum atomic E-state index is 12.7. The number of pyridine rings is 1. The number of benzene rings is 1. The zero-order valence-electron chi connectivity index (χ0n) is 18.9. The summed E-state index contributed by atoms with van der Waals surface area (Å²) in [5.41, 5.74) is 10.4. The summed E-state index contributed by atoms with van der Waals surface area (Å²) in [4.78, 5) is 22.4. The number of aliphatic imine (C=N–C) groups is 1. The number of rotatable bonds is 6. The Balaban J connectivity index is 1.58. The van der Waals surface area contributed by atoms with Crippen LogP contribution in [0, 0.1) is 23.2 Å². The molecule has 0 bridgehead atoms. The molecular formula is C25H32N6O. The van der Waals surface area contributed by atoms with Crippen molar-refractivity contribution >= 4 is 17.2 Å². The smallest absolute Gasteiger partial charge is 0.261 e. The highest BCUT2D eigenvalue weighted by molar-refractivity contribution is 6.03. The van der Waals surface area contributed by atoms with Crippen molar-refractivity contribution < 1.29 is 0 Å². The Morgan fingerprint density at radius 1 is 1.28 bits per heavy atom. The minimum atomic E-state index is -0.287. The third kappa shape index (κ3) is 4.86. The molecule has 2 atom stereocenters. The molecule has 1 aromatic carbocycles. The largest absolute Gasteiger partial charge is 0.383 e. The molecule has 0 amide bonds. The highest BCUT2D eigenvalue weighted by Crippen LogP contribution is 2.29. The first-order valence-corrected chi connectivity index (χ1v) is 11.5. The quantitative estimate of drug-likeness (QED) is 0.474. The van der Waals surface area contributed by atoms with E-state index in [1.807, 2.05) is 6.07 Å². The summed E-state index contributed by atoms with van der Waals surface area (Å²) < 4.78 is 0. The number of amidine groups is 1. The molecule has 168 valence electrons. The van der Waals surface area contributed by atoms with Crippen molar-refractivity contribution in [1.29, 1.82) is 5.26 Å². The van der Waals surface area contributed by atoms with Crippen molar-refractivity contribution in [1.82, 2.24) is 9.88 Å². The molecule has 7 nitrogen and oxygen atoms in total. The van der Waals surface area contributed by atoms with E-state index in [0.29, 0.717) is 17.2 Å². The molecule has 7 heteroatoms. The Kier molecular flexibility index (Phi) is 6.61. The zero-order chi connectivity index (χ0) is 22.7. The summed E-state index contributed by atoms with van der Waals surface area (Å²) in [5, 5.41) is 12.9. The molecule has 0 saturated heterocycles. The molecular weight excluding hydrogens is 400 g/mol. The van der Waals surface area contributed by atoms with Gasteiger partial charge in [0.15, 0.2) is 0 Å². The van der Waals surface area contributed by atoms with E-state index in [9.17, 15) is 10.1 Å². The van der Waals surface area contributed by atoms with E-state index >= 15 is 0 Å². The fourth-order valence-electron chi connectivity index (χ4n) is 4.87. The minimum absolute atomic E-state index is 0.00837. The molecule has 4 N–H and O–H groups in total. The fourth-order valence-corrected chi connectivity index (χ4v) is 4.87. The second kappa shape index (κ2) is 9.58. The predicted octanol–water partition coefficient (Wildman–Crippen LogP) is 3.88. The minimum Gasteiger partial charge on any atom is -0.383 e. The number of fused-ring (bicyclic) bond motifs is 1. The van der Waals surface area contributed by atoms with Crippen LogP contribution in [-0.2, 0) is 13.1 Å². The molecule has 1 saturated carbocycles. The Morgan fingerprint density at radius 2 is 2.06 bits per heavy atom. The molecule has 4 rings (SSSR count). The Hall–Kier alpha value is -3.11. The number of hydrogen-bond donors (Lipinski definition) is 3. The van der Waals surface area contributed by atoms with Crippen LogP contribution in [0.2, 0.25) is 0 Å². The molecule has 1 unspecified atom stereocenters. The van der Waals surface area contributed by atoms with Crippen molar-refractivity contribution in [3.63, 3.8) is 0 Å². The summed E-state index contributed by atoms with van der Waals surface area (Å²) in [5.74, 6) is 0.730. The molecule has 0 radical (unpaired) electrons. The van der Waals surface area contributed by atoms with Crippen LogP contribution in [0.1, 0.15) is 56.2 Å². The molecule has 1 aliphatic carbocycles. The van der Waals surface area contributed by atoms with Gasteiger partial charge in [-0.15, -0.1) is 0 Å². The van der Waals surface area contributed by atoms with Gasteiger partial charge in [-0.3, -0.25) is 9.69 Å². The van der Waals surface area contributed by atoms with Gasteiger partial charge in [-0.1, -0.05) is 32.8 Å². The second-order valence-corrected chi connectivity index (χ2v) is 9.38. The van der Waals surface area contributed by atoms with Gasteiger partial charge in [0, 0.05) is 31.9 Å². The van der Waals surface area contributed by atoms with Gasteiger partial charge in [0.1, 0.15) is 11.4 Å². The van der Waals surface area contributed by atoms with Crippen LogP contribution in [0.15, 0.2) is 40.2 Å². The number of nitriles is 1. The highest BCUT2D eigenvalue weighted by Gasteiger charge is 2.26. The molecule has 32 heavy (non-hydrogen) atoms. The number of hydrogen-bond acceptors (Lipinski definition) is 5. The number of nitrogens with zero attached hydrogens (tertiary/aromatic N) is 3. The summed E-state index contributed by atoms with van der Waals surface area (Å²) in [7, 11) is 0. The van der Waals surface area contributed by atoms with Gasteiger partial charge in [0.05, 0.1) is 23.4 Å². The molecule has 2 aliphatic rings. The highest BCUT2D eigenvalue weighted by atomic mass is 16.1. The van der Waals surface area contributed by atoms with Crippen molar-refractivity contribution in [3.8, 4) is 6.07 Å². The molecule has 2 heterocycles. The predicted molar refractivity (Wildman–Crippen MR) is 128 cm³/mol. The Labute approximate surface area is 189 Å². The van der Waals surface area contributed by atoms with E-state index < -0.39 is 0 Å². The number of nitrogens with one attached hydrogen (secondary N) is 2. The van der Waals surface area contributed by atoms with E-state index in [4.69, 9.17) is 5.73 Å². The van der Waals surface area contributed by atoms with Crippen LogP contribution in [-0.4, -0.2) is 28.3 Å². The molecule has 2 aromatic rings. The van der Waals surface area contributed by atoms with Crippen molar-refractivity contribution in [2.45, 2.75) is 58.7 Å². The first-order valence-electron chi connectivity index (χ1n) is 11.5. The Bertz CT molecular complexity index is 1100. The van der Waals surface area contributed by atoms with Crippen LogP contribution in [0.5, 0.6) is 0 Å². The van der Waals surface area contributed by atoms with Gasteiger partial charge >= 0.3 is 0 Å². The lowest BCUT2D eigenvalue weighted by Crippen LogP contribution is -2.34. The average molecular weight is 433 g/mol. The summed E-state index contributed by atoms with van der Waals surface area (Å²) >= 11 is 0. The van der Waals surface area contributed by atoms with Gasteiger partial charge < -0.3 is 16.0 Å². The van der Waals surface area contributed by atoms with E-state index in [1.165, 1.54) is 11.1 Å². The third-order valence-electron chi connectivity index (χ3n) is 6.34.